The Hall–Kier alpha value is -1.40. The highest BCUT2D eigenvalue weighted by molar-refractivity contribution is 9.11. The molecule has 3 nitrogen and oxygen atoms in total. The second kappa shape index (κ2) is 6.85. The molecule has 2 aromatic carbocycles. The first-order chi connectivity index (χ1) is 9.54. The van der Waals surface area contributed by atoms with E-state index in [9.17, 15) is 9.18 Å². The Labute approximate surface area is 132 Å². The van der Waals surface area contributed by atoms with Crippen LogP contribution in [0.4, 0.5) is 4.39 Å². The molecule has 0 unspecified atom stereocenters. The number of carbonyl (C=O) groups is 1. The average molecular weight is 404 g/mol. The molecule has 0 saturated heterocycles. The summed E-state index contributed by atoms with van der Waals surface area (Å²) < 4.78 is 24.6. The molecule has 0 aliphatic carbocycles. The second-order valence-electron chi connectivity index (χ2n) is 3.79. The van der Waals surface area contributed by atoms with Crippen LogP contribution in [-0.2, 0) is 4.79 Å². The summed E-state index contributed by atoms with van der Waals surface area (Å²) in [6.07, 6.45) is 0. The lowest BCUT2D eigenvalue weighted by Crippen LogP contribution is -2.17. The van der Waals surface area contributed by atoms with Crippen molar-refractivity contribution in [2.45, 2.75) is 0 Å². The van der Waals surface area contributed by atoms with Gasteiger partial charge in [-0.25, -0.2) is 9.18 Å². The van der Waals surface area contributed by atoms with Crippen molar-refractivity contribution < 1.29 is 18.7 Å². The summed E-state index contributed by atoms with van der Waals surface area (Å²) in [5.41, 5.74) is 0. The van der Waals surface area contributed by atoms with Crippen LogP contribution in [0.3, 0.4) is 0 Å². The van der Waals surface area contributed by atoms with Gasteiger partial charge in [-0.3, -0.25) is 0 Å². The lowest BCUT2D eigenvalue weighted by Gasteiger charge is -2.08. The first kappa shape index (κ1) is 15.0. The Morgan fingerprint density at radius 1 is 1.10 bits per heavy atom. The van der Waals surface area contributed by atoms with E-state index >= 15 is 0 Å². The highest BCUT2D eigenvalue weighted by Gasteiger charge is 2.08. The van der Waals surface area contributed by atoms with Gasteiger partial charge in [-0.1, -0.05) is 15.9 Å². The molecule has 0 aromatic heterocycles. The number of benzene rings is 2. The van der Waals surface area contributed by atoms with Gasteiger partial charge in [-0.05, 0) is 58.4 Å². The van der Waals surface area contributed by atoms with Crippen molar-refractivity contribution in [3.05, 3.63) is 57.2 Å². The SMILES string of the molecule is O=C(COc1ccc(Br)cc1Br)Oc1ccc(F)cc1. The van der Waals surface area contributed by atoms with Gasteiger partial charge in [0.05, 0.1) is 4.47 Å². The monoisotopic (exact) mass is 402 g/mol. The molecule has 20 heavy (non-hydrogen) atoms. The Balaban J connectivity index is 1.90. The molecule has 2 aromatic rings. The Morgan fingerprint density at radius 2 is 1.80 bits per heavy atom. The van der Waals surface area contributed by atoms with Crippen molar-refractivity contribution in [1.82, 2.24) is 0 Å². The van der Waals surface area contributed by atoms with Gasteiger partial charge in [0.25, 0.3) is 0 Å². The summed E-state index contributed by atoms with van der Waals surface area (Å²) in [4.78, 5) is 11.6. The summed E-state index contributed by atoms with van der Waals surface area (Å²) in [5.74, 6) is -0.148. The minimum Gasteiger partial charge on any atom is -0.481 e. The molecular weight excluding hydrogens is 395 g/mol. The molecule has 6 heteroatoms. The highest BCUT2D eigenvalue weighted by Crippen LogP contribution is 2.28. The predicted octanol–water partition coefficient (Wildman–Crippen LogP) is 4.34. The third-order valence-corrected chi connectivity index (χ3v) is 3.40. The molecule has 0 fully saturated rings. The summed E-state index contributed by atoms with van der Waals surface area (Å²) in [6.45, 7) is -0.238. The first-order valence-corrected chi connectivity index (χ1v) is 7.17. The van der Waals surface area contributed by atoms with Gasteiger partial charge in [0.1, 0.15) is 17.3 Å². The number of carbonyl (C=O) groups excluding carboxylic acids is 1. The van der Waals surface area contributed by atoms with Gasteiger partial charge in [0.15, 0.2) is 6.61 Å². The molecule has 0 radical (unpaired) electrons. The number of halogens is 3. The fraction of sp³-hybridized carbons (Fsp3) is 0.0714. The molecular formula is C14H9Br2FO3. The lowest BCUT2D eigenvalue weighted by atomic mass is 10.3. The maximum atomic E-state index is 12.7. The van der Waals surface area contributed by atoms with Gasteiger partial charge in [-0.15, -0.1) is 0 Å². The molecule has 0 heterocycles. The van der Waals surface area contributed by atoms with Gasteiger partial charge < -0.3 is 9.47 Å². The Bertz CT molecular complexity index is 614. The van der Waals surface area contributed by atoms with Crippen molar-refractivity contribution >= 4 is 37.8 Å². The van der Waals surface area contributed by atoms with Crippen LogP contribution in [0.1, 0.15) is 0 Å². The van der Waals surface area contributed by atoms with Gasteiger partial charge in [-0.2, -0.15) is 0 Å². The van der Waals surface area contributed by atoms with Crippen molar-refractivity contribution in [2.75, 3.05) is 6.61 Å². The number of esters is 1. The Morgan fingerprint density at radius 3 is 2.45 bits per heavy atom. The van der Waals surface area contributed by atoms with Gasteiger partial charge in [0, 0.05) is 4.47 Å². The molecule has 104 valence electrons. The summed E-state index contributed by atoms with van der Waals surface area (Å²) in [5, 5.41) is 0. The fourth-order valence-electron chi connectivity index (χ4n) is 1.39. The van der Waals surface area contributed by atoms with E-state index in [0.29, 0.717) is 5.75 Å². The molecule has 0 amide bonds. The number of ether oxygens (including phenoxy) is 2. The third kappa shape index (κ3) is 4.31. The minimum atomic E-state index is -0.563. The second-order valence-corrected chi connectivity index (χ2v) is 5.56. The van der Waals surface area contributed by atoms with Crippen LogP contribution >= 0.6 is 31.9 Å². The maximum Gasteiger partial charge on any atom is 0.349 e. The standard InChI is InChI=1S/C14H9Br2FO3/c15-9-1-6-13(12(16)7-9)19-8-14(18)20-11-4-2-10(17)3-5-11/h1-7H,8H2. The number of hydrogen-bond acceptors (Lipinski definition) is 3. The van der Waals surface area contributed by atoms with Crippen LogP contribution in [0.15, 0.2) is 51.4 Å². The van der Waals surface area contributed by atoms with Crippen LogP contribution in [-0.4, -0.2) is 12.6 Å². The molecule has 0 bridgehead atoms. The van der Waals surface area contributed by atoms with E-state index in [4.69, 9.17) is 9.47 Å². The van der Waals surface area contributed by atoms with E-state index in [2.05, 4.69) is 31.9 Å². The van der Waals surface area contributed by atoms with Crippen LogP contribution in [0.25, 0.3) is 0 Å². The van der Waals surface area contributed by atoms with E-state index < -0.39 is 5.97 Å². The van der Waals surface area contributed by atoms with Crippen LogP contribution in [0, 0.1) is 5.82 Å². The quantitative estimate of drug-likeness (QED) is 0.562. The molecule has 0 aliphatic heterocycles. The van der Waals surface area contributed by atoms with Crippen molar-refractivity contribution in [1.29, 1.82) is 0 Å². The largest absolute Gasteiger partial charge is 0.481 e. The van der Waals surface area contributed by atoms with E-state index in [1.54, 1.807) is 18.2 Å². The molecule has 0 N–H and O–H groups in total. The minimum absolute atomic E-state index is 0.238. The molecule has 0 saturated carbocycles. The molecule has 0 spiro atoms. The van der Waals surface area contributed by atoms with Crippen molar-refractivity contribution in [3.63, 3.8) is 0 Å². The normalized spacial score (nSPS) is 10.2. The number of rotatable bonds is 4. The van der Waals surface area contributed by atoms with Crippen LogP contribution in [0.2, 0.25) is 0 Å². The van der Waals surface area contributed by atoms with Gasteiger partial charge >= 0.3 is 5.97 Å². The zero-order valence-corrected chi connectivity index (χ0v) is 13.3. The predicted molar refractivity (Wildman–Crippen MR) is 79.4 cm³/mol. The third-order valence-electron chi connectivity index (χ3n) is 2.28. The highest BCUT2D eigenvalue weighted by atomic mass is 79.9. The van der Waals surface area contributed by atoms with Crippen molar-refractivity contribution in [3.8, 4) is 11.5 Å². The van der Waals surface area contributed by atoms with Crippen LogP contribution < -0.4 is 9.47 Å². The fourth-order valence-corrected chi connectivity index (χ4v) is 2.55. The van der Waals surface area contributed by atoms with E-state index in [1.165, 1.54) is 24.3 Å². The molecule has 2 rings (SSSR count). The topological polar surface area (TPSA) is 35.5 Å². The first-order valence-electron chi connectivity index (χ1n) is 5.59. The summed E-state index contributed by atoms with van der Waals surface area (Å²) in [7, 11) is 0. The van der Waals surface area contributed by atoms with E-state index in [-0.39, 0.29) is 18.2 Å². The zero-order valence-electron chi connectivity index (χ0n) is 10.1. The summed E-state index contributed by atoms with van der Waals surface area (Å²) >= 11 is 6.64. The summed E-state index contributed by atoms with van der Waals surface area (Å²) in [6, 6.07) is 10.5. The molecule has 0 atom stereocenters. The maximum absolute atomic E-state index is 12.7. The Kier molecular flexibility index (Phi) is 5.14. The van der Waals surface area contributed by atoms with E-state index in [0.717, 1.165) is 8.95 Å². The van der Waals surface area contributed by atoms with Crippen LogP contribution in [0.5, 0.6) is 11.5 Å². The van der Waals surface area contributed by atoms with Crippen molar-refractivity contribution in [2.24, 2.45) is 0 Å². The molecule has 0 aliphatic rings. The number of hydrogen-bond donors (Lipinski definition) is 0. The zero-order chi connectivity index (χ0) is 14.5. The smallest absolute Gasteiger partial charge is 0.349 e. The average Bonchev–Trinajstić information content (AvgIpc) is 2.40. The van der Waals surface area contributed by atoms with E-state index in [1.807, 2.05) is 0 Å². The lowest BCUT2D eigenvalue weighted by molar-refractivity contribution is -0.136. The van der Waals surface area contributed by atoms with Gasteiger partial charge in [0.2, 0.25) is 0 Å².